The molecule has 1 amide bonds. The Bertz CT molecular complexity index is 807. The maximum Gasteiger partial charge on any atom is 0.325 e. The number of carbonyl (C=O) groups is 2. The minimum Gasteiger partial charge on any atom is -0.465 e. The van der Waals surface area contributed by atoms with Gasteiger partial charge in [0.15, 0.2) is 0 Å². The third kappa shape index (κ3) is 3.92. The molecule has 1 aliphatic rings. The Morgan fingerprint density at radius 3 is 2.81 bits per heavy atom. The summed E-state index contributed by atoms with van der Waals surface area (Å²) in [4.78, 5) is 24.2. The molecule has 5 nitrogen and oxygen atoms in total. The van der Waals surface area contributed by atoms with Crippen LogP contribution in [0.4, 0.5) is 0 Å². The lowest BCUT2D eigenvalue weighted by Gasteiger charge is -2.25. The maximum atomic E-state index is 12.1. The lowest BCUT2D eigenvalue weighted by molar-refractivity contribution is -0.143. The van der Waals surface area contributed by atoms with E-state index >= 15 is 0 Å². The van der Waals surface area contributed by atoms with Gasteiger partial charge in [-0.3, -0.25) is 9.59 Å². The number of carbonyl (C=O) groups excluding carboxylic acids is 2. The normalized spacial score (nSPS) is 16.5. The molecule has 1 aliphatic carbocycles. The average Bonchev–Trinajstić information content (AvgIpc) is 2.88. The number of fused-ring (bicyclic) bond motifs is 3. The molecule has 0 saturated heterocycles. The first-order valence-electron chi connectivity index (χ1n) is 9.53. The second kappa shape index (κ2) is 7.94. The number of ether oxygens (including phenoxy) is 1. The van der Waals surface area contributed by atoms with Gasteiger partial charge in [0.2, 0.25) is 5.91 Å². The Balaban J connectivity index is 1.86. The fraction of sp³-hybridized carbons (Fsp3) is 0.524. The second-order valence-corrected chi connectivity index (χ2v) is 7.44. The summed E-state index contributed by atoms with van der Waals surface area (Å²) in [5.74, 6) is 0.285. The molecule has 26 heavy (non-hydrogen) atoms. The maximum absolute atomic E-state index is 12.1. The molecule has 0 spiro atoms. The third-order valence-corrected chi connectivity index (χ3v) is 4.93. The van der Waals surface area contributed by atoms with E-state index in [1.54, 1.807) is 0 Å². The van der Waals surface area contributed by atoms with Gasteiger partial charge >= 0.3 is 5.97 Å². The van der Waals surface area contributed by atoms with Crippen LogP contribution in [0.2, 0.25) is 0 Å². The lowest BCUT2D eigenvalue weighted by Crippen LogP contribution is -2.39. The van der Waals surface area contributed by atoms with E-state index in [2.05, 4.69) is 35.9 Å². The van der Waals surface area contributed by atoms with Gasteiger partial charge in [0, 0.05) is 29.1 Å². The molecule has 0 radical (unpaired) electrons. The molecule has 1 atom stereocenters. The molecule has 0 unspecified atom stereocenters. The molecule has 1 aromatic carbocycles. The van der Waals surface area contributed by atoms with Crippen LogP contribution in [-0.2, 0) is 33.7 Å². The Morgan fingerprint density at radius 2 is 2.08 bits per heavy atom. The first-order valence-corrected chi connectivity index (χ1v) is 9.53. The predicted octanol–water partition coefficient (Wildman–Crippen LogP) is 3.22. The summed E-state index contributed by atoms with van der Waals surface area (Å²) in [6.07, 6.45) is 3.13. The molecule has 1 aromatic heterocycles. The molecule has 140 valence electrons. The fourth-order valence-electron chi connectivity index (χ4n) is 3.90. The highest BCUT2D eigenvalue weighted by molar-refractivity contribution is 5.87. The number of aromatic nitrogens is 1. The van der Waals surface area contributed by atoms with Gasteiger partial charge in [-0.2, -0.15) is 0 Å². The Hall–Kier alpha value is -2.30. The van der Waals surface area contributed by atoms with Gasteiger partial charge in [-0.25, -0.2) is 0 Å². The van der Waals surface area contributed by atoms with Crippen molar-refractivity contribution in [3.63, 3.8) is 0 Å². The highest BCUT2D eigenvalue weighted by Gasteiger charge is 2.27. The number of benzene rings is 1. The number of rotatable bonds is 6. The number of nitrogens with one attached hydrogen (secondary N) is 1. The molecule has 1 heterocycles. The molecule has 5 heteroatoms. The average molecular weight is 356 g/mol. The van der Waals surface area contributed by atoms with E-state index in [1.165, 1.54) is 16.6 Å². The van der Waals surface area contributed by atoms with E-state index in [0.29, 0.717) is 18.9 Å². The minimum absolute atomic E-state index is 0.128. The second-order valence-electron chi connectivity index (χ2n) is 7.44. The van der Waals surface area contributed by atoms with Crippen LogP contribution >= 0.6 is 0 Å². The number of nitrogens with zero attached hydrogens (tertiary/aromatic N) is 1. The summed E-state index contributed by atoms with van der Waals surface area (Å²) in [6, 6.07) is 8.35. The van der Waals surface area contributed by atoms with Gasteiger partial charge in [0.25, 0.3) is 0 Å². The van der Waals surface area contributed by atoms with Crippen LogP contribution < -0.4 is 5.32 Å². The smallest absolute Gasteiger partial charge is 0.325 e. The zero-order valence-electron chi connectivity index (χ0n) is 15.9. The van der Waals surface area contributed by atoms with E-state index in [4.69, 9.17) is 4.74 Å². The molecule has 0 aliphatic heterocycles. The first-order chi connectivity index (χ1) is 12.5. The van der Waals surface area contributed by atoms with Gasteiger partial charge in [-0.15, -0.1) is 0 Å². The van der Waals surface area contributed by atoms with E-state index in [0.717, 1.165) is 24.8 Å². The largest absolute Gasteiger partial charge is 0.465 e. The molecular formula is C21H28N2O3. The van der Waals surface area contributed by atoms with Crippen molar-refractivity contribution in [2.75, 3.05) is 6.61 Å². The van der Waals surface area contributed by atoms with Crippen LogP contribution in [0.3, 0.4) is 0 Å². The SMILES string of the molecule is CCOC(=O)Cn1c2c(c3ccccc31)C[C@@H](NC(=O)CC(C)C)CC2. The summed E-state index contributed by atoms with van der Waals surface area (Å²) in [6.45, 7) is 6.58. The zero-order chi connectivity index (χ0) is 18.7. The number of hydrogen-bond acceptors (Lipinski definition) is 3. The summed E-state index contributed by atoms with van der Waals surface area (Å²) < 4.78 is 7.24. The monoisotopic (exact) mass is 356 g/mol. The van der Waals surface area contributed by atoms with Crippen LogP contribution in [0.1, 0.15) is 44.9 Å². The van der Waals surface area contributed by atoms with Crippen LogP contribution in [0.15, 0.2) is 24.3 Å². The number of hydrogen-bond donors (Lipinski definition) is 1. The summed E-state index contributed by atoms with van der Waals surface area (Å²) >= 11 is 0. The van der Waals surface area contributed by atoms with Crippen LogP contribution in [0.25, 0.3) is 10.9 Å². The van der Waals surface area contributed by atoms with Crippen LogP contribution in [0.5, 0.6) is 0 Å². The van der Waals surface area contributed by atoms with Gasteiger partial charge in [0.1, 0.15) is 6.54 Å². The Kier molecular flexibility index (Phi) is 5.64. The molecule has 2 aromatic rings. The van der Waals surface area contributed by atoms with Crippen molar-refractivity contribution < 1.29 is 14.3 Å². The Labute approximate surface area is 154 Å². The predicted molar refractivity (Wildman–Crippen MR) is 102 cm³/mol. The molecule has 3 rings (SSSR count). The van der Waals surface area contributed by atoms with Crippen molar-refractivity contribution in [2.45, 2.75) is 59.0 Å². The molecule has 1 N–H and O–H groups in total. The van der Waals surface area contributed by atoms with E-state index in [-0.39, 0.29) is 24.5 Å². The Morgan fingerprint density at radius 1 is 1.31 bits per heavy atom. The van der Waals surface area contributed by atoms with Crippen molar-refractivity contribution in [3.8, 4) is 0 Å². The van der Waals surface area contributed by atoms with Crippen molar-refractivity contribution >= 4 is 22.8 Å². The van der Waals surface area contributed by atoms with Crippen molar-refractivity contribution in [3.05, 3.63) is 35.5 Å². The molecule has 0 fully saturated rings. The highest BCUT2D eigenvalue weighted by Crippen LogP contribution is 2.32. The fourth-order valence-corrected chi connectivity index (χ4v) is 3.90. The van der Waals surface area contributed by atoms with E-state index in [9.17, 15) is 9.59 Å². The van der Waals surface area contributed by atoms with Crippen molar-refractivity contribution in [2.24, 2.45) is 5.92 Å². The lowest BCUT2D eigenvalue weighted by atomic mass is 9.91. The standard InChI is InChI=1S/C21H28N2O3/c1-4-26-21(25)13-23-18-8-6-5-7-16(18)17-12-15(9-10-19(17)23)22-20(24)11-14(2)3/h5-8,14-15H,4,9-13H2,1-3H3,(H,22,24)/t15-/m0/s1. The van der Waals surface area contributed by atoms with Crippen LogP contribution in [0, 0.1) is 5.92 Å². The molecular weight excluding hydrogens is 328 g/mol. The van der Waals surface area contributed by atoms with E-state index in [1.807, 2.05) is 19.1 Å². The van der Waals surface area contributed by atoms with Crippen molar-refractivity contribution in [1.82, 2.24) is 9.88 Å². The molecule has 0 saturated carbocycles. The first kappa shape index (κ1) is 18.5. The molecule has 0 bridgehead atoms. The van der Waals surface area contributed by atoms with Crippen LogP contribution in [-0.4, -0.2) is 29.1 Å². The van der Waals surface area contributed by atoms with E-state index < -0.39 is 0 Å². The third-order valence-electron chi connectivity index (χ3n) is 4.93. The zero-order valence-corrected chi connectivity index (χ0v) is 15.9. The number of esters is 1. The van der Waals surface area contributed by atoms with Gasteiger partial charge in [0.05, 0.1) is 6.61 Å². The van der Waals surface area contributed by atoms with Gasteiger partial charge in [-0.05, 0) is 43.7 Å². The summed E-state index contributed by atoms with van der Waals surface area (Å²) in [7, 11) is 0. The minimum atomic E-state index is -0.205. The quantitative estimate of drug-likeness (QED) is 0.809. The van der Waals surface area contributed by atoms with Gasteiger partial charge in [-0.1, -0.05) is 32.0 Å². The number of amides is 1. The topological polar surface area (TPSA) is 60.3 Å². The summed E-state index contributed by atoms with van der Waals surface area (Å²) in [5, 5.41) is 4.36. The summed E-state index contributed by atoms with van der Waals surface area (Å²) in [5.41, 5.74) is 3.53. The van der Waals surface area contributed by atoms with Gasteiger partial charge < -0.3 is 14.6 Å². The van der Waals surface area contributed by atoms with Crippen molar-refractivity contribution in [1.29, 1.82) is 0 Å². The highest BCUT2D eigenvalue weighted by atomic mass is 16.5. The number of para-hydroxylation sites is 1.